The fourth-order valence-corrected chi connectivity index (χ4v) is 5.95. The van der Waals surface area contributed by atoms with Crippen LogP contribution in [-0.2, 0) is 18.0 Å². The maximum atomic E-state index is 13.0. The number of halogens is 3. The van der Waals surface area contributed by atoms with E-state index in [1.807, 2.05) is 0 Å². The molecule has 4 aliphatic carbocycles. The lowest BCUT2D eigenvalue weighted by Gasteiger charge is -2.56. The minimum absolute atomic E-state index is 0.00497. The van der Waals surface area contributed by atoms with Crippen molar-refractivity contribution < 1.29 is 22.8 Å². The number of hydrazine groups is 1. The van der Waals surface area contributed by atoms with Gasteiger partial charge in [-0.3, -0.25) is 25.1 Å². The number of amides is 2. The van der Waals surface area contributed by atoms with Crippen LogP contribution in [0.15, 0.2) is 6.20 Å². The Labute approximate surface area is 154 Å². The van der Waals surface area contributed by atoms with E-state index >= 15 is 0 Å². The van der Waals surface area contributed by atoms with Crippen molar-refractivity contribution in [1.29, 1.82) is 0 Å². The molecule has 0 atom stereocenters. The number of aromatic nitrogens is 2. The van der Waals surface area contributed by atoms with Crippen LogP contribution in [-0.4, -0.2) is 21.6 Å². The summed E-state index contributed by atoms with van der Waals surface area (Å²) in [5, 5.41) is 3.30. The third-order valence-electron chi connectivity index (χ3n) is 6.36. The highest BCUT2D eigenvalue weighted by Crippen LogP contribution is 2.61. The van der Waals surface area contributed by atoms with Gasteiger partial charge in [0.1, 0.15) is 0 Å². The molecule has 1 aromatic rings. The van der Waals surface area contributed by atoms with E-state index in [2.05, 4.69) is 16.0 Å². The van der Waals surface area contributed by atoms with Crippen LogP contribution in [0.25, 0.3) is 0 Å². The second kappa shape index (κ2) is 6.24. The molecule has 4 saturated carbocycles. The second-order valence-corrected chi connectivity index (χ2v) is 8.66. The summed E-state index contributed by atoms with van der Waals surface area (Å²) in [7, 11) is 1.30. The Morgan fingerprint density at radius 1 is 1.15 bits per heavy atom. The predicted octanol–water partition coefficient (Wildman–Crippen LogP) is 2.81. The first-order chi connectivity index (χ1) is 12.6. The van der Waals surface area contributed by atoms with E-state index in [0.29, 0.717) is 24.2 Å². The molecule has 9 heteroatoms. The van der Waals surface area contributed by atoms with Gasteiger partial charge in [0.25, 0.3) is 5.91 Å². The van der Waals surface area contributed by atoms with E-state index < -0.39 is 23.3 Å². The molecule has 1 heterocycles. The van der Waals surface area contributed by atoms with Gasteiger partial charge in [0.15, 0.2) is 5.69 Å². The van der Waals surface area contributed by atoms with E-state index in [1.165, 1.54) is 26.3 Å². The molecular weight excluding hydrogens is 361 g/mol. The second-order valence-electron chi connectivity index (χ2n) is 8.66. The number of nitrogens with one attached hydrogen (secondary N) is 2. The lowest BCUT2D eigenvalue weighted by molar-refractivity contribution is -0.141. The Bertz CT molecular complexity index is 736. The van der Waals surface area contributed by atoms with Crippen molar-refractivity contribution >= 4 is 11.8 Å². The molecule has 4 aliphatic rings. The molecule has 0 radical (unpaired) electrons. The molecule has 148 valence electrons. The average molecular weight is 384 g/mol. The number of nitrogens with zero attached hydrogens (tertiary/aromatic N) is 2. The van der Waals surface area contributed by atoms with E-state index in [9.17, 15) is 22.8 Å². The molecule has 0 saturated heterocycles. The molecule has 6 nitrogen and oxygen atoms in total. The molecule has 4 fully saturated rings. The molecular formula is C18H23F3N4O2. The van der Waals surface area contributed by atoms with Gasteiger partial charge in [0, 0.05) is 19.7 Å². The summed E-state index contributed by atoms with van der Waals surface area (Å²) in [6.45, 7) is 0. The van der Waals surface area contributed by atoms with Crippen molar-refractivity contribution in [2.75, 3.05) is 0 Å². The summed E-state index contributed by atoms with van der Waals surface area (Å²) in [5.41, 5.74) is 2.53. The van der Waals surface area contributed by atoms with Crippen LogP contribution in [0.3, 0.4) is 0 Å². The maximum Gasteiger partial charge on any atom is 0.435 e. The quantitative estimate of drug-likeness (QED) is 0.787. The summed E-state index contributed by atoms with van der Waals surface area (Å²) >= 11 is 0. The Morgan fingerprint density at radius 2 is 1.70 bits per heavy atom. The van der Waals surface area contributed by atoms with Crippen LogP contribution >= 0.6 is 0 Å². The molecule has 0 aliphatic heterocycles. The summed E-state index contributed by atoms with van der Waals surface area (Å²) in [6, 6.07) is 0. The van der Waals surface area contributed by atoms with E-state index in [4.69, 9.17) is 0 Å². The van der Waals surface area contributed by atoms with Crippen molar-refractivity contribution in [3.8, 4) is 0 Å². The number of hydrogen-bond acceptors (Lipinski definition) is 3. The molecule has 2 amide bonds. The van der Waals surface area contributed by atoms with Gasteiger partial charge in [-0.15, -0.1) is 0 Å². The van der Waals surface area contributed by atoms with Gasteiger partial charge in [-0.25, -0.2) is 0 Å². The Kier molecular flexibility index (Phi) is 4.23. The van der Waals surface area contributed by atoms with Crippen molar-refractivity contribution in [3.05, 3.63) is 17.5 Å². The SMILES string of the molecule is Cn1cc(C(=O)NNC(=O)CC23CC4CC(CC(C4)C2)C3)c(C(F)(F)F)n1. The monoisotopic (exact) mass is 384 g/mol. The third-order valence-corrected chi connectivity index (χ3v) is 6.36. The van der Waals surface area contributed by atoms with Crippen molar-refractivity contribution in [2.24, 2.45) is 30.2 Å². The Balaban J connectivity index is 1.37. The summed E-state index contributed by atoms with van der Waals surface area (Å²) in [6.07, 6.45) is 3.48. The number of carbonyl (C=O) groups is 2. The molecule has 0 aromatic carbocycles. The molecule has 0 spiro atoms. The first-order valence-electron chi connectivity index (χ1n) is 9.33. The topological polar surface area (TPSA) is 76.0 Å². The normalized spacial score (nSPS) is 31.8. The predicted molar refractivity (Wildman–Crippen MR) is 89.0 cm³/mol. The standard InChI is InChI=1S/C18H23F3N4O2/c1-25-9-13(15(24-25)18(19,20)21)16(27)23-22-14(26)8-17-5-10-2-11(6-17)4-12(3-10)7-17/h9-12H,2-8H2,1H3,(H,22,26)(H,23,27). The number of hydrogen-bond donors (Lipinski definition) is 2. The lowest BCUT2D eigenvalue weighted by Crippen LogP contribution is -2.50. The number of alkyl halides is 3. The van der Waals surface area contributed by atoms with Crippen LogP contribution in [0.5, 0.6) is 0 Å². The minimum Gasteiger partial charge on any atom is -0.274 e. The highest BCUT2D eigenvalue weighted by molar-refractivity contribution is 5.96. The largest absolute Gasteiger partial charge is 0.435 e. The summed E-state index contributed by atoms with van der Waals surface area (Å²) < 4.78 is 39.8. The molecule has 27 heavy (non-hydrogen) atoms. The van der Waals surface area contributed by atoms with Gasteiger partial charge >= 0.3 is 6.18 Å². The smallest absolute Gasteiger partial charge is 0.274 e. The van der Waals surface area contributed by atoms with E-state index in [0.717, 1.165) is 30.1 Å². The van der Waals surface area contributed by atoms with Gasteiger partial charge < -0.3 is 0 Å². The van der Waals surface area contributed by atoms with Crippen LogP contribution in [0.2, 0.25) is 0 Å². The minimum atomic E-state index is -4.74. The Morgan fingerprint density at radius 3 is 2.22 bits per heavy atom. The van der Waals surface area contributed by atoms with E-state index in [-0.39, 0.29) is 11.3 Å². The fraction of sp³-hybridized carbons (Fsp3) is 0.722. The van der Waals surface area contributed by atoms with Crippen molar-refractivity contribution in [1.82, 2.24) is 20.6 Å². The molecule has 4 bridgehead atoms. The van der Waals surface area contributed by atoms with Crippen molar-refractivity contribution in [2.45, 2.75) is 51.1 Å². The first-order valence-corrected chi connectivity index (χ1v) is 9.33. The van der Waals surface area contributed by atoms with Gasteiger partial charge in [-0.1, -0.05) is 0 Å². The first kappa shape index (κ1) is 18.3. The summed E-state index contributed by atoms with van der Waals surface area (Å²) in [5.74, 6) is 0.729. The zero-order valence-electron chi connectivity index (χ0n) is 15.1. The highest BCUT2D eigenvalue weighted by atomic mass is 19.4. The van der Waals surface area contributed by atoms with Crippen molar-refractivity contribution in [3.63, 3.8) is 0 Å². The number of rotatable bonds is 3. The van der Waals surface area contributed by atoms with Gasteiger partial charge in [0.05, 0.1) is 5.56 Å². The molecule has 1 aromatic heterocycles. The van der Waals surface area contributed by atoms with Crippen LogP contribution in [0, 0.1) is 23.2 Å². The third kappa shape index (κ3) is 3.55. The number of aryl methyl sites for hydroxylation is 1. The lowest BCUT2D eigenvalue weighted by atomic mass is 9.49. The van der Waals surface area contributed by atoms with Crippen LogP contribution < -0.4 is 10.9 Å². The van der Waals surface area contributed by atoms with Crippen LogP contribution in [0.1, 0.15) is 61.0 Å². The fourth-order valence-electron chi connectivity index (χ4n) is 5.95. The van der Waals surface area contributed by atoms with Gasteiger partial charge in [-0.2, -0.15) is 18.3 Å². The van der Waals surface area contributed by atoms with E-state index in [1.54, 1.807) is 0 Å². The zero-order valence-corrected chi connectivity index (χ0v) is 15.1. The Hall–Kier alpha value is -2.06. The van der Waals surface area contributed by atoms with Gasteiger partial charge in [-0.05, 0) is 61.7 Å². The molecule has 2 N–H and O–H groups in total. The maximum absolute atomic E-state index is 13.0. The molecule has 5 rings (SSSR count). The molecule has 0 unspecified atom stereocenters. The summed E-state index contributed by atoms with van der Waals surface area (Å²) in [4.78, 5) is 24.5. The number of carbonyl (C=O) groups excluding carboxylic acids is 2. The highest BCUT2D eigenvalue weighted by Gasteiger charge is 2.51. The average Bonchev–Trinajstić information content (AvgIpc) is 2.93. The van der Waals surface area contributed by atoms with Crippen LogP contribution in [0.4, 0.5) is 13.2 Å². The van der Waals surface area contributed by atoms with Gasteiger partial charge in [0.2, 0.25) is 5.91 Å². The zero-order chi connectivity index (χ0) is 19.4.